The van der Waals surface area contributed by atoms with Crippen LogP contribution in [0.3, 0.4) is 0 Å². The maximum atomic E-state index is 12.9. The van der Waals surface area contributed by atoms with Gasteiger partial charge in [-0.3, -0.25) is 0 Å². The molecule has 0 amide bonds. The van der Waals surface area contributed by atoms with Crippen LogP contribution >= 0.6 is 0 Å². The fourth-order valence-electron chi connectivity index (χ4n) is 2.41. The van der Waals surface area contributed by atoms with Gasteiger partial charge in [0.2, 0.25) is 10.0 Å². The first-order valence-electron chi connectivity index (χ1n) is 6.47. The molecule has 0 saturated carbocycles. The number of halogens is 3. The van der Waals surface area contributed by atoms with Gasteiger partial charge in [0.05, 0.1) is 10.8 Å². The highest BCUT2D eigenvalue weighted by molar-refractivity contribution is 7.93. The summed E-state index contributed by atoms with van der Waals surface area (Å²) >= 11 is 0. The molecule has 114 valence electrons. The zero-order valence-corrected chi connectivity index (χ0v) is 11.6. The molecular formula is C12H17F3N2O2S. The number of allylic oxidation sites excluding steroid dienone is 4. The minimum absolute atomic E-state index is 0.304. The van der Waals surface area contributed by atoms with Gasteiger partial charge in [-0.15, -0.1) is 0 Å². The van der Waals surface area contributed by atoms with Crippen LogP contribution in [0.5, 0.6) is 0 Å². The molecule has 0 radical (unpaired) electrons. The summed E-state index contributed by atoms with van der Waals surface area (Å²) in [7, 11) is -4.10. The molecule has 0 aromatic carbocycles. The molecule has 4 nitrogen and oxygen atoms in total. The van der Waals surface area contributed by atoms with E-state index in [1.807, 2.05) is 0 Å². The van der Waals surface area contributed by atoms with Gasteiger partial charge in [-0.05, 0) is 38.4 Å². The molecule has 1 atom stereocenters. The molecule has 1 fully saturated rings. The summed E-state index contributed by atoms with van der Waals surface area (Å²) in [5.41, 5.74) is 0. The molecule has 1 unspecified atom stereocenters. The minimum atomic E-state index is -4.56. The highest BCUT2D eigenvalue weighted by Crippen LogP contribution is 2.38. The minimum Gasteiger partial charge on any atom is -0.317 e. The average Bonchev–Trinajstić information content (AvgIpc) is 2.38. The van der Waals surface area contributed by atoms with E-state index in [-0.39, 0.29) is 12.5 Å². The van der Waals surface area contributed by atoms with E-state index in [4.69, 9.17) is 0 Å². The Hall–Kier alpha value is -0.860. The molecule has 8 heteroatoms. The summed E-state index contributed by atoms with van der Waals surface area (Å²) in [4.78, 5) is -0.578. The fraction of sp³-hybridized carbons (Fsp3) is 0.667. The van der Waals surface area contributed by atoms with E-state index in [9.17, 15) is 21.6 Å². The normalized spacial score (nSPS) is 25.6. The Morgan fingerprint density at radius 2 is 1.90 bits per heavy atom. The van der Waals surface area contributed by atoms with Crippen molar-refractivity contribution in [3.8, 4) is 0 Å². The fourth-order valence-corrected chi connectivity index (χ4v) is 4.08. The van der Waals surface area contributed by atoms with Crippen molar-refractivity contribution in [3.05, 3.63) is 23.1 Å². The van der Waals surface area contributed by atoms with E-state index in [2.05, 4.69) is 10.0 Å². The maximum Gasteiger partial charge on any atom is 0.396 e. The molecule has 20 heavy (non-hydrogen) atoms. The number of piperidine rings is 1. The van der Waals surface area contributed by atoms with Crippen molar-refractivity contribution in [2.75, 3.05) is 13.1 Å². The van der Waals surface area contributed by atoms with Crippen LogP contribution in [-0.2, 0) is 10.0 Å². The van der Waals surface area contributed by atoms with Crippen molar-refractivity contribution >= 4 is 10.0 Å². The smallest absolute Gasteiger partial charge is 0.317 e. The van der Waals surface area contributed by atoms with E-state index in [1.54, 1.807) is 0 Å². The number of hydrogen-bond donors (Lipinski definition) is 2. The van der Waals surface area contributed by atoms with Crippen LogP contribution in [0.15, 0.2) is 23.1 Å². The lowest BCUT2D eigenvalue weighted by Gasteiger charge is -2.28. The van der Waals surface area contributed by atoms with Gasteiger partial charge in [0.25, 0.3) is 0 Å². The summed E-state index contributed by atoms with van der Waals surface area (Å²) < 4.78 is 65.5. The molecule has 0 bridgehead atoms. The summed E-state index contributed by atoms with van der Waals surface area (Å²) in [6.45, 7) is 1.32. The van der Waals surface area contributed by atoms with Crippen LogP contribution < -0.4 is 10.0 Å². The number of hydrogen-bond acceptors (Lipinski definition) is 3. The molecule has 1 aliphatic carbocycles. The molecule has 0 aromatic rings. The Kier molecular flexibility index (Phi) is 4.55. The lowest BCUT2D eigenvalue weighted by Crippen LogP contribution is -2.44. The summed E-state index contributed by atoms with van der Waals surface area (Å²) in [5.74, 6) is -1.95. The topological polar surface area (TPSA) is 58.2 Å². The van der Waals surface area contributed by atoms with Gasteiger partial charge >= 0.3 is 6.18 Å². The predicted molar refractivity (Wildman–Crippen MR) is 69.3 cm³/mol. The van der Waals surface area contributed by atoms with E-state index in [1.165, 1.54) is 12.2 Å². The van der Waals surface area contributed by atoms with Crippen LogP contribution in [0.4, 0.5) is 13.2 Å². The van der Waals surface area contributed by atoms with Gasteiger partial charge in [0.1, 0.15) is 0 Å². The van der Waals surface area contributed by atoms with Crippen molar-refractivity contribution in [2.24, 2.45) is 5.92 Å². The van der Waals surface area contributed by atoms with Gasteiger partial charge < -0.3 is 5.32 Å². The SMILES string of the molecule is O=S(=O)(NC1CCNCC1)C1=CC=CCC1C(F)(F)F. The van der Waals surface area contributed by atoms with E-state index in [0.717, 1.165) is 6.08 Å². The Labute approximate surface area is 116 Å². The Bertz CT molecular complexity index is 505. The molecule has 2 rings (SSSR count). The molecule has 2 N–H and O–H groups in total. The van der Waals surface area contributed by atoms with Crippen LogP contribution in [-0.4, -0.2) is 33.7 Å². The van der Waals surface area contributed by atoms with Gasteiger partial charge in [-0.25, -0.2) is 13.1 Å². The van der Waals surface area contributed by atoms with Crippen molar-refractivity contribution < 1.29 is 21.6 Å². The molecule has 1 saturated heterocycles. The standard InChI is InChI=1S/C12H17F3N2O2S/c13-12(14,15)10-3-1-2-4-11(10)20(18,19)17-9-5-7-16-8-6-9/h1-2,4,9-10,16-17H,3,5-8H2. The third-order valence-electron chi connectivity index (χ3n) is 3.48. The van der Waals surface area contributed by atoms with Crippen molar-refractivity contribution in [1.82, 2.24) is 10.0 Å². The monoisotopic (exact) mass is 310 g/mol. The first-order chi connectivity index (χ1) is 9.31. The summed E-state index contributed by atoms with van der Waals surface area (Å²) in [6, 6.07) is -0.304. The third-order valence-corrected chi connectivity index (χ3v) is 5.16. The Morgan fingerprint density at radius 1 is 1.25 bits per heavy atom. The molecular weight excluding hydrogens is 293 g/mol. The van der Waals surface area contributed by atoms with E-state index >= 15 is 0 Å². The second kappa shape index (κ2) is 5.87. The molecule has 1 heterocycles. The quantitative estimate of drug-likeness (QED) is 0.834. The average molecular weight is 310 g/mol. The Morgan fingerprint density at radius 3 is 2.50 bits per heavy atom. The van der Waals surface area contributed by atoms with Gasteiger partial charge in [-0.1, -0.05) is 12.2 Å². The first kappa shape index (κ1) is 15.5. The third kappa shape index (κ3) is 3.62. The predicted octanol–water partition coefficient (Wildman–Crippen LogP) is 1.68. The number of sulfonamides is 1. The van der Waals surface area contributed by atoms with Gasteiger partial charge in [0.15, 0.2) is 0 Å². The van der Waals surface area contributed by atoms with Crippen molar-refractivity contribution in [1.29, 1.82) is 0 Å². The summed E-state index contributed by atoms with van der Waals surface area (Å²) in [6.07, 6.45) is 0.0198. The second-order valence-corrected chi connectivity index (χ2v) is 6.69. The summed E-state index contributed by atoms with van der Waals surface area (Å²) in [5, 5.41) is 3.07. The maximum absolute atomic E-state index is 12.9. The van der Waals surface area contributed by atoms with Crippen LogP contribution in [0.2, 0.25) is 0 Å². The van der Waals surface area contributed by atoms with Crippen LogP contribution in [0.25, 0.3) is 0 Å². The van der Waals surface area contributed by atoms with Crippen LogP contribution in [0.1, 0.15) is 19.3 Å². The number of nitrogens with one attached hydrogen (secondary N) is 2. The van der Waals surface area contributed by atoms with Gasteiger partial charge in [0, 0.05) is 6.04 Å². The zero-order chi connectivity index (χ0) is 14.8. The van der Waals surface area contributed by atoms with E-state index < -0.39 is 27.0 Å². The first-order valence-corrected chi connectivity index (χ1v) is 7.95. The number of alkyl halides is 3. The molecule has 0 spiro atoms. The molecule has 0 aromatic heterocycles. The second-order valence-electron chi connectivity index (χ2n) is 4.97. The highest BCUT2D eigenvalue weighted by atomic mass is 32.2. The lowest BCUT2D eigenvalue weighted by atomic mass is 10.0. The number of rotatable bonds is 3. The zero-order valence-electron chi connectivity index (χ0n) is 10.8. The van der Waals surface area contributed by atoms with Crippen LogP contribution in [0, 0.1) is 5.92 Å². The highest BCUT2D eigenvalue weighted by Gasteiger charge is 2.46. The van der Waals surface area contributed by atoms with E-state index in [0.29, 0.717) is 25.9 Å². The molecule has 2 aliphatic rings. The van der Waals surface area contributed by atoms with Crippen molar-refractivity contribution in [2.45, 2.75) is 31.5 Å². The molecule has 1 aliphatic heterocycles. The largest absolute Gasteiger partial charge is 0.396 e. The van der Waals surface area contributed by atoms with Gasteiger partial charge in [-0.2, -0.15) is 13.2 Å². The lowest BCUT2D eigenvalue weighted by molar-refractivity contribution is -0.161. The Balaban J connectivity index is 2.18. The van der Waals surface area contributed by atoms with Crippen molar-refractivity contribution in [3.63, 3.8) is 0 Å².